The van der Waals surface area contributed by atoms with Gasteiger partial charge in [0.15, 0.2) is 11.5 Å². The maximum Gasteiger partial charge on any atom is 0.345 e. The Balaban J connectivity index is 1.74. The molecule has 0 radical (unpaired) electrons. The van der Waals surface area contributed by atoms with Gasteiger partial charge in [-0.15, -0.1) is 0 Å². The topological polar surface area (TPSA) is 77.0 Å². The lowest BCUT2D eigenvalue weighted by Crippen LogP contribution is -2.18. The van der Waals surface area contributed by atoms with Crippen LogP contribution in [0.25, 0.3) is 0 Å². The van der Waals surface area contributed by atoms with Gasteiger partial charge in [-0.1, -0.05) is 35.3 Å². The lowest BCUT2D eigenvalue weighted by atomic mass is 10.2. The van der Waals surface area contributed by atoms with Crippen molar-refractivity contribution >= 4 is 63.9 Å². The second kappa shape index (κ2) is 11.3. The van der Waals surface area contributed by atoms with Crippen molar-refractivity contribution in [1.82, 2.24) is 5.43 Å². The monoisotopic (exact) mass is 582 g/mol. The van der Waals surface area contributed by atoms with Crippen LogP contribution < -0.4 is 14.9 Å². The first kappa shape index (κ1) is 24.0. The highest BCUT2D eigenvalue weighted by molar-refractivity contribution is 14.1. The molecule has 3 aromatic rings. The largest absolute Gasteiger partial charge is 0.490 e. The molecule has 3 aromatic carbocycles. The summed E-state index contributed by atoms with van der Waals surface area (Å²) in [6.07, 6.45) is 1.47. The quantitative estimate of drug-likeness (QED) is 0.122. The Labute approximate surface area is 208 Å². The van der Waals surface area contributed by atoms with Crippen molar-refractivity contribution in [3.8, 4) is 11.5 Å². The molecule has 9 heteroatoms. The second-order valence-electron chi connectivity index (χ2n) is 6.33. The van der Waals surface area contributed by atoms with Gasteiger partial charge in [-0.25, -0.2) is 10.2 Å². The molecule has 0 aliphatic heterocycles. The summed E-state index contributed by atoms with van der Waals surface area (Å²) in [5.41, 5.74) is 3.85. The van der Waals surface area contributed by atoms with Gasteiger partial charge in [0, 0.05) is 8.59 Å². The number of ether oxygens (including phenoxy) is 2. The highest BCUT2D eigenvalue weighted by Gasteiger charge is 2.16. The van der Waals surface area contributed by atoms with E-state index in [-0.39, 0.29) is 22.2 Å². The zero-order chi connectivity index (χ0) is 23.1. The molecule has 0 heterocycles. The molecule has 0 unspecified atom stereocenters. The van der Waals surface area contributed by atoms with E-state index in [0.29, 0.717) is 28.5 Å². The zero-order valence-electron chi connectivity index (χ0n) is 16.8. The third-order valence-corrected chi connectivity index (χ3v) is 5.61. The first-order valence-corrected chi connectivity index (χ1v) is 11.2. The number of amides is 1. The summed E-state index contributed by atoms with van der Waals surface area (Å²) in [5, 5.41) is 4.60. The van der Waals surface area contributed by atoms with Crippen molar-refractivity contribution in [1.29, 1.82) is 0 Å². The summed E-state index contributed by atoms with van der Waals surface area (Å²) in [4.78, 5) is 24.8. The molecule has 1 N–H and O–H groups in total. The van der Waals surface area contributed by atoms with Crippen LogP contribution in [0.5, 0.6) is 11.5 Å². The Morgan fingerprint density at radius 2 is 1.81 bits per heavy atom. The molecule has 164 valence electrons. The third-order valence-electron chi connectivity index (χ3n) is 4.12. The molecule has 0 saturated heterocycles. The molecule has 6 nitrogen and oxygen atoms in total. The third kappa shape index (κ3) is 6.21. The maximum absolute atomic E-state index is 12.5. The number of rotatable bonds is 7. The molecule has 0 spiro atoms. The summed E-state index contributed by atoms with van der Waals surface area (Å²) in [6, 6.07) is 16.6. The molecule has 3 rings (SSSR count). The summed E-state index contributed by atoms with van der Waals surface area (Å²) in [6.45, 7) is 2.17. The van der Waals surface area contributed by atoms with Crippen molar-refractivity contribution in [3.05, 3.63) is 91.0 Å². The molecule has 0 bridgehead atoms. The van der Waals surface area contributed by atoms with E-state index in [0.717, 1.165) is 3.57 Å². The molecule has 0 saturated carbocycles. The zero-order valence-corrected chi connectivity index (χ0v) is 20.4. The van der Waals surface area contributed by atoms with Crippen LogP contribution in [0.1, 0.15) is 33.2 Å². The Morgan fingerprint density at radius 1 is 1.03 bits per heavy atom. The van der Waals surface area contributed by atoms with Crippen LogP contribution in [-0.4, -0.2) is 24.7 Å². The fourth-order valence-electron chi connectivity index (χ4n) is 2.64. The Kier molecular flexibility index (Phi) is 8.49. The summed E-state index contributed by atoms with van der Waals surface area (Å²) >= 11 is 14.0. The van der Waals surface area contributed by atoms with Crippen molar-refractivity contribution in [2.24, 2.45) is 5.10 Å². The molecule has 0 aliphatic carbocycles. The van der Waals surface area contributed by atoms with Crippen molar-refractivity contribution < 1.29 is 19.1 Å². The fourth-order valence-corrected chi connectivity index (χ4v) is 3.76. The summed E-state index contributed by atoms with van der Waals surface area (Å²) < 4.78 is 11.9. The number of hydrazone groups is 1. The smallest absolute Gasteiger partial charge is 0.345 e. The Hall–Kier alpha value is -2.62. The average molecular weight is 583 g/mol. The van der Waals surface area contributed by atoms with E-state index < -0.39 is 5.97 Å². The van der Waals surface area contributed by atoms with E-state index in [9.17, 15) is 9.59 Å². The van der Waals surface area contributed by atoms with E-state index in [1.54, 1.807) is 36.4 Å². The van der Waals surface area contributed by atoms with E-state index in [1.807, 2.05) is 19.1 Å². The number of nitrogens with zero attached hydrogens (tertiary/aromatic N) is 1. The number of esters is 1. The molecular formula is C23H17Cl2IN2O4. The number of hydrogen-bond donors (Lipinski definition) is 1. The second-order valence-corrected chi connectivity index (χ2v) is 8.34. The fraction of sp³-hybridized carbons (Fsp3) is 0.0870. The van der Waals surface area contributed by atoms with E-state index >= 15 is 0 Å². The molecular weight excluding hydrogens is 566 g/mol. The van der Waals surface area contributed by atoms with Crippen LogP contribution in [0.3, 0.4) is 0 Å². The minimum absolute atomic E-state index is 0.183. The Bertz CT molecular complexity index is 1180. The van der Waals surface area contributed by atoms with Gasteiger partial charge in [0.25, 0.3) is 5.91 Å². The number of nitrogens with one attached hydrogen (secondary N) is 1. The molecule has 0 fully saturated rings. The van der Waals surface area contributed by atoms with Crippen LogP contribution in [-0.2, 0) is 0 Å². The van der Waals surface area contributed by atoms with Crippen LogP contribution in [0, 0.1) is 3.57 Å². The Morgan fingerprint density at radius 3 is 2.53 bits per heavy atom. The number of carbonyl (C=O) groups is 2. The van der Waals surface area contributed by atoms with Gasteiger partial charge in [0.05, 0.1) is 29.0 Å². The number of hydrogen-bond acceptors (Lipinski definition) is 5. The van der Waals surface area contributed by atoms with E-state index in [4.69, 9.17) is 32.7 Å². The van der Waals surface area contributed by atoms with Crippen molar-refractivity contribution in [2.45, 2.75) is 6.92 Å². The van der Waals surface area contributed by atoms with Gasteiger partial charge in [-0.2, -0.15) is 5.10 Å². The molecule has 32 heavy (non-hydrogen) atoms. The normalized spacial score (nSPS) is 10.8. The predicted octanol–water partition coefficient (Wildman–Crippen LogP) is 5.98. The minimum Gasteiger partial charge on any atom is -0.490 e. The SMILES string of the molecule is CCOc1cc(/C=N\NC(=O)c2ccccc2I)ccc1OC(=O)c1ccc(Cl)cc1Cl. The first-order chi connectivity index (χ1) is 15.4. The van der Waals surface area contributed by atoms with Crippen molar-refractivity contribution in [2.75, 3.05) is 6.61 Å². The highest BCUT2D eigenvalue weighted by Crippen LogP contribution is 2.30. The van der Waals surface area contributed by atoms with E-state index in [2.05, 4.69) is 33.1 Å². The number of carbonyl (C=O) groups excluding carboxylic acids is 2. The van der Waals surface area contributed by atoms with E-state index in [1.165, 1.54) is 18.3 Å². The highest BCUT2D eigenvalue weighted by atomic mass is 127. The molecule has 0 atom stereocenters. The molecule has 0 aliphatic rings. The van der Waals surface area contributed by atoms with Crippen molar-refractivity contribution in [3.63, 3.8) is 0 Å². The van der Waals surface area contributed by atoms with Crippen LogP contribution in [0.4, 0.5) is 0 Å². The van der Waals surface area contributed by atoms with Gasteiger partial charge >= 0.3 is 5.97 Å². The number of benzene rings is 3. The maximum atomic E-state index is 12.5. The lowest BCUT2D eigenvalue weighted by molar-refractivity contribution is 0.0728. The number of halogens is 3. The van der Waals surface area contributed by atoms with Gasteiger partial charge in [0.2, 0.25) is 0 Å². The predicted molar refractivity (Wildman–Crippen MR) is 133 cm³/mol. The first-order valence-electron chi connectivity index (χ1n) is 9.41. The molecule has 0 aromatic heterocycles. The van der Waals surface area contributed by atoms with Gasteiger partial charge in [0.1, 0.15) is 0 Å². The van der Waals surface area contributed by atoms with Crippen LogP contribution >= 0.6 is 45.8 Å². The minimum atomic E-state index is -0.640. The van der Waals surface area contributed by atoms with Crippen LogP contribution in [0.2, 0.25) is 10.0 Å². The standard InChI is InChI=1S/C23H17Cl2IN2O4/c1-2-31-21-11-14(13-27-28-22(29)17-5-3-4-6-19(17)26)7-10-20(21)32-23(30)16-9-8-15(24)12-18(16)25/h3-13H,2H2,1H3,(H,28,29)/b27-13-. The summed E-state index contributed by atoms with van der Waals surface area (Å²) in [7, 11) is 0. The van der Waals surface area contributed by atoms with Gasteiger partial charge in [-0.05, 0) is 83.6 Å². The van der Waals surface area contributed by atoms with Gasteiger partial charge < -0.3 is 9.47 Å². The molecule has 1 amide bonds. The van der Waals surface area contributed by atoms with Gasteiger partial charge in [-0.3, -0.25) is 4.79 Å². The van der Waals surface area contributed by atoms with Crippen LogP contribution in [0.15, 0.2) is 65.8 Å². The summed E-state index contributed by atoms with van der Waals surface area (Å²) in [5.74, 6) is -0.387. The lowest BCUT2D eigenvalue weighted by Gasteiger charge is -2.12. The average Bonchev–Trinajstić information content (AvgIpc) is 2.75.